The fraction of sp³-hybridized carbons (Fsp3) is 0.381. The molecule has 2 N–H and O–H groups in total. The zero-order valence-corrected chi connectivity index (χ0v) is 16.2. The van der Waals surface area contributed by atoms with Crippen LogP contribution in [0.25, 0.3) is 0 Å². The molecule has 0 bridgehead atoms. The number of hydrogen-bond donors (Lipinski definition) is 1. The van der Waals surface area contributed by atoms with E-state index in [-0.39, 0.29) is 36.3 Å². The van der Waals surface area contributed by atoms with Gasteiger partial charge in [0.15, 0.2) is 11.5 Å². The van der Waals surface area contributed by atoms with Crippen molar-refractivity contribution in [1.29, 1.82) is 0 Å². The van der Waals surface area contributed by atoms with Crippen LogP contribution in [-0.2, 0) is 12.0 Å². The maximum atomic E-state index is 14.6. The van der Waals surface area contributed by atoms with E-state index in [9.17, 15) is 18.0 Å². The van der Waals surface area contributed by atoms with Crippen LogP contribution in [0.4, 0.5) is 13.2 Å². The fourth-order valence-electron chi connectivity index (χ4n) is 3.36. The minimum atomic E-state index is -2.32. The van der Waals surface area contributed by atoms with Crippen molar-refractivity contribution < 1.29 is 22.7 Å². The predicted octanol–water partition coefficient (Wildman–Crippen LogP) is 3.70. The second-order valence-corrected chi connectivity index (χ2v) is 7.37. The first-order valence-corrected chi connectivity index (χ1v) is 9.13. The number of aliphatic imine (C=N–C) groups is 1. The number of carbonyl (C=O) groups excluding carboxylic acids is 1. The van der Waals surface area contributed by atoms with Crippen molar-refractivity contribution in [2.24, 2.45) is 10.7 Å². The Labute approximate surface area is 166 Å². The van der Waals surface area contributed by atoms with E-state index < -0.39 is 29.5 Å². The van der Waals surface area contributed by atoms with Crippen LogP contribution in [-0.4, -0.2) is 36.1 Å². The summed E-state index contributed by atoms with van der Waals surface area (Å²) < 4.78 is 46.9. The number of carbonyl (C=O) groups is 1. The molecule has 1 aliphatic rings. The van der Waals surface area contributed by atoms with Crippen molar-refractivity contribution in [2.45, 2.75) is 37.4 Å². The van der Waals surface area contributed by atoms with Crippen LogP contribution in [0.5, 0.6) is 5.75 Å². The number of alkyl halides is 2. The lowest BCUT2D eigenvalue weighted by atomic mass is 9.80. The van der Waals surface area contributed by atoms with Gasteiger partial charge in [-0.05, 0) is 49.6 Å². The van der Waals surface area contributed by atoms with Gasteiger partial charge in [-0.25, -0.2) is 18.2 Å². The lowest BCUT2D eigenvalue weighted by Crippen LogP contribution is -2.48. The third-order valence-electron chi connectivity index (χ3n) is 5.28. The van der Waals surface area contributed by atoms with E-state index in [4.69, 9.17) is 10.5 Å². The Morgan fingerprint density at radius 3 is 2.62 bits per heavy atom. The Bertz CT molecular complexity index is 949. The molecule has 5 nitrogen and oxygen atoms in total. The topological polar surface area (TPSA) is 77.6 Å². The van der Waals surface area contributed by atoms with Crippen molar-refractivity contribution in [1.82, 2.24) is 4.98 Å². The Kier molecular flexibility index (Phi) is 5.64. The number of nitrogens with two attached hydrogens (primary N) is 1. The van der Waals surface area contributed by atoms with Gasteiger partial charge < -0.3 is 10.5 Å². The Morgan fingerprint density at radius 1 is 1.28 bits per heavy atom. The third kappa shape index (κ3) is 4.11. The number of pyridine rings is 1. The summed E-state index contributed by atoms with van der Waals surface area (Å²) in [7, 11) is 1.50. The number of amidine groups is 1. The quantitative estimate of drug-likeness (QED) is 0.744. The number of rotatable bonds is 6. The van der Waals surface area contributed by atoms with E-state index in [1.807, 2.05) is 0 Å². The van der Waals surface area contributed by atoms with Gasteiger partial charge in [0.25, 0.3) is 0 Å². The van der Waals surface area contributed by atoms with Gasteiger partial charge in [-0.3, -0.25) is 9.79 Å². The molecule has 0 unspecified atom stereocenters. The number of Topliss-reactive ketones (excluding diaryl/α,β-unsaturated/α-hetero) is 1. The Hall–Kier alpha value is -2.90. The molecule has 2 atom stereocenters. The molecule has 0 saturated heterocycles. The van der Waals surface area contributed by atoms with Gasteiger partial charge >= 0.3 is 0 Å². The highest BCUT2D eigenvalue weighted by molar-refractivity contribution is 5.95. The lowest BCUT2D eigenvalue weighted by Gasteiger charge is -2.36. The van der Waals surface area contributed by atoms with Crippen molar-refractivity contribution >= 4 is 11.6 Å². The molecule has 0 fully saturated rings. The minimum Gasteiger partial charge on any atom is -0.495 e. The van der Waals surface area contributed by atoms with Gasteiger partial charge in [-0.2, -0.15) is 0 Å². The molecule has 2 heterocycles. The molecule has 1 aliphatic heterocycles. The van der Waals surface area contributed by atoms with Gasteiger partial charge in [0, 0.05) is 12.0 Å². The molecule has 154 valence electrons. The van der Waals surface area contributed by atoms with Crippen molar-refractivity contribution in [3.05, 3.63) is 59.2 Å². The first-order chi connectivity index (χ1) is 13.7. The fourth-order valence-corrected chi connectivity index (χ4v) is 3.36. The largest absolute Gasteiger partial charge is 0.495 e. The van der Waals surface area contributed by atoms with E-state index >= 15 is 0 Å². The van der Waals surface area contributed by atoms with Gasteiger partial charge in [-0.15, -0.1) is 0 Å². The zero-order chi connectivity index (χ0) is 21.2. The number of ketones is 1. The van der Waals surface area contributed by atoms with Crippen molar-refractivity contribution in [3.8, 4) is 5.75 Å². The van der Waals surface area contributed by atoms with E-state index in [0.29, 0.717) is 11.3 Å². The molecule has 29 heavy (non-hydrogen) atoms. The number of ether oxygens (including phenoxy) is 1. The number of nitrogens with zero attached hydrogens (tertiary/aromatic N) is 2. The standard InChI is InChI=1S/C21H22F3N3O2/c1-20(7-8-21(24,12-22)19(25)27-20)15-9-13(3-5-16(15)23)10-18(28)17-6-4-14(29-2)11-26-17/h3-6,9,11H,7-8,10,12H2,1-2H3,(H2,25,27)/t20-,21-/m0/s1. The summed E-state index contributed by atoms with van der Waals surface area (Å²) in [5, 5.41) is 0. The highest BCUT2D eigenvalue weighted by atomic mass is 19.2. The third-order valence-corrected chi connectivity index (χ3v) is 5.28. The summed E-state index contributed by atoms with van der Waals surface area (Å²) in [4.78, 5) is 20.7. The van der Waals surface area contributed by atoms with E-state index in [1.165, 1.54) is 31.5 Å². The molecule has 0 amide bonds. The molecule has 0 aliphatic carbocycles. The molecule has 1 aromatic heterocycles. The molecule has 0 radical (unpaired) electrons. The van der Waals surface area contributed by atoms with Crippen LogP contribution in [0, 0.1) is 5.82 Å². The first kappa shape index (κ1) is 20.8. The van der Waals surface area contributed by atoms with Crippen LogP contribution in [0.2, 0.25) is 0 Å². The van der Waals surface area contributed by atoms with Crippen molar-refractivity contribution in [3.63, 3.8) is 0 Å². The lowest BCUT2D eigenvalue weighted by molar-refractivity contribution is 0.0988. The van der Waals surface area contributed by atoms with Gasteiger partial charge in [-0.1, -0.05) is 6.07 Å². The summed E-state index contributed by atoms with van der Waals surface area (Å²) in [6.07, 6.45) is 1.33. The number of methoxy groups -OCH3 is 1. The zero-order valence-electron chi connectivity index (χ0n) is 16.2. The monoisotopic (exact) mass is 405 g/mol. The predicted molar refractivity (Wildman–Crippen MR) is 103 cm³/mol. The molecule has 1 aromatic carbocycles. The maximum Gasteiger partial charge on any atom is 0.195 e. The van der Waals surface area contributed by atoms with Gasteiger partial charge in [0.2, 0.25) is 0 Å². The number of aromatic nitrogens is 1. The smallest absolute Gasteiger partial charge is 0.195 e. The molecule has 0 spiro atoms. The van der Waals surface area contributed by atoms with Crippen LogP contribution in [0.3, 0.4) is 0 Å². The van der Waals surface area contributed by atoms with E-state index in [0.717, 1.165) is 0 Å². The second kappa shape index (κ2) is 7.85. The van der Waals surface area contributed by atoms with Crippen LogP contribution >= 0.6 is 0 Å². The molecule has 8 heteroatoms. The number of hydrogen-bond acceptors (Lipinski definition) is 5. The number of halogens is 3. The van der Waals surface area contributed by atoms with Crippen molar-refractivity contribution in [2.75, 3.05) is 13.8 Å². The van der Waals surface area contributed by atoms with E-state index in [2.05, 4.69) is 9.98 Å². The van der Waals surface area contributed by atoms with Gasteiger partial charge in [0.1, 0.15) is 29.8 Å². The highest BCUT2D eigenvalue weighted by Crippen LogP contribution is 2.40. The summed E-state index contributed by atoms with van der Waals surface area (Å²) in [5.74, 6) is -0.739. The minimum absolute atomic E-state index is 0.000581. The van der Waals surface area contributed by atoms with Crippen LogP contribution in [0.15, 0.2) is 41.5 Å². The van der Waals surface area contributed by atoms with Crippen LogP contribution < -0.4 is 10.5 Å². The Balaban J connectivity index is 1.87. The summed E-state index contributed by atoms with van der Waals surface area (Å²) >= 11 is 0. The van der Waals surface area contributed by atoms with E-state index in [1.54, 1.807) is 19.1 Å². The average Bonchev–Trinajstić information content (AvgIpc) is 2.72. The summed E-state index contributed by atoms with van der Waals surface area (Å²) in [6.45, 7) is 0.344. The maximum absolute atomic E-state index is 14.6. The second-order valence-electron chi connectivity index (χ2n) is 7.37. The molecule has 0 saturated carbocycles. The average molecular weight is 405 g/mol. The summed E-state index contributed by atoms with van der Waals surface area (Å²) in [6, 6.07) is 7.44. The summed E-state index contributed by atoms with van der Waals surface area (Å²) in [5.41, 5.74) is 3.19. The SMILES string of the molecule is COc1ccc(C(=O)Cc2ccc(F)c([C@]3(C)CC[C@](F)(CF)C(N)=N3)c2)nc1. The normalized spacial score (nSPS) is 24.1. The molecular weight excluding hydrogens is 383 g/mol. The van der Waals surface area contributed by atoms with Gasteiger partial charge in [0.05, 0.1) is 18.8 Å². The number of benzene rings is 1. The first-order valence-electron chi connectivity index (χ1n) is 9.13. The molecule has 2 aromatic rings. The molecular formula is C21H22F3N3O2. The molecule has 3 rings (SSSR count). The Morgan fingerprint density at radius 2 is 2.03 bits per heavy atom. The van der Waals surface area contributed by atoms with Crippen LogP contribution in [0.1, 0.15) is 41.4 Å². The highest BCUT2D eigenvalue weighted by Gasteiger charge is 2.44.